The van der Waals surface area contributed by atoms with Gasteiger partial charge in [0.15, 0.2) is 0 Å². The van der Waals surface area contributed by atoms with Crippen molar-refractivity contribution in [3.63, 3.8) is 0 Å². The van der Waals surface area contributed by atoms with E-state index in [-0.39, 0.29) is 0 Å². The Kier molecular flexibility index (Phi) is 2.71. The molecule has 0 N–H and O–H groups in total. The Balaban J connectivity index is 2.61. The maximum atomic E-state index is 6.03. The van der Waals surface area contributed by atoms with Crippen LogP contribution in [-0.4, -0.2) is 4.98 Å². The van der Waals surface area contributed by atoms with E-state index in [4.69, 9.17) is 23.2 Å². The van der Waals surface area contributed by atoms with Gasteiger partial charge in [0.25, 0.3) is 0 Å². The average molecular weight is 224 g/mol. The monoisotopic (exact) mass is 223 g/mol. The molecule has 0 aliphatic rings. The van der Waals surface area contributed by atoms with Crippen molar-refractivity contribution in [2.45, 2.75) is 0 Å². The van der Waals surface area contributed by atoms with Gasteiger partial charge < -0.3 is 0 Å². The Morgan fingerprint density at radius 3 is 2.29 bits per heavy atom. The third-order valence-corrected chi connectivity index (χ3v) is 2.52. The standard InChI is InChI=1S/C11H7Cl2N/c12-9-5-2-1-4-8(9)11-10(13)6-3-7-14-11/h1-7H. The molecule has 0 aliphatic heterocycles. The van der Waals surface area contributed by atoms with Crippen LogP contribution in [0, 0.1) is 0 Å². The zero-order chi connectivity index (χ0) is 9.97. The normalized spacial score (nSPS) is 10.1. The molecule has 0 amide bonds. The third-order valence-electron chi connectivity index (χ3n) is 1.89. The van der Waals surface area contributed by atoms with Crippen LogP contribution in [0.2, 0.25) is 10.0 Å². The maximum Gasteiger partial charge on any atom is 0.0903 e. The van der Waals surface area contributed by atoms with Crippen molar-refractivity contribution in [3.8, 4) is 11.3 Å². The molecule has 2 rings (SSSR count). The van der Waals surface area contributed by atoms with Crippen molar-refractivity contribution in [2.75, 3.05) is 0 Å². The van der Waals surface area contributed by atoms with Crippen LogP contribution in [0.1, 0.15) is 0 Å². The fourth-order valence-corrected chi connectivity index (χ4v) is 1.69. The molecule has 3 heteroatoms. The summed E-state index contributed by atoms with van der Waals surface area (Å²) in [6, 6.07) is 11.1. The predicted octanol–water partition coefficient (Wildman–Crippen LogP) is 4.06. The number of aromatic nitrogens is 1. The van der Waals surface area contributed by atoms with Gasteiger partial charge in [0.05, 0.1) is 15.7 Å². The fraction of sp³-hybridized carbons (Fsp3) is 0. The molecule has 0 bridgehead atoms. The van der Waals surface area contributed by atoms with E-state index in [9.17, 15) is 0 Å². The van der Waals surface area contributed by atoms with Crippen molar-refractivity contribution < 1.29 is 0 Å². The lowest BCUT2D eigenvalue weighted by atomic mass is 10.1. The van der Waals surface area contributed by atoms with Gasteiger partial charge in [-0.3, -0.25) is 4.98 Å². The Hall–Kier alpha value is -1.05. The van der Waals surface area contributed by atoms with Crippen LogP contribution in [0.25, 0.3) is 11.3 Å². The highest BCUT2D eigenvalue weighted by molar-refractivity contribution is 6.36. The van der Waals surface area contributed by atoms with Crippen LogP contribution >= 0.6 is 23.2 Å². The van der Waals surface area contributed by atoms with Crippen molar-refractivity contribution in [3.05, 3.63) is 52.6 Å². The van der Waals surface area contributed by atoms with Gasteiger partial charge in [0, 0.05) is 11.8 Å². The van der Waals surface area contributed by atoms with Gasteiger partial charge in [-0.1, -0.05) is 41.4 Å². The molecule has 0 saturated carbocycles. The molecule has 0 spiro atoms. The minimum absolute atomic E-state index is 0.612. The second kappa shape index (κ2) is 3.99. The summed E-state index contributed by atoms with van der Waals surface area (Å²) in [6.45, 7) is 0. The van der Waals surface area contributed by atoms with E-state index in [0.29, 0.717) is 10.0 Å². The quantitative estimate of drug-likeness (QED) is 0.711. The highest BCUT2D eigenvalue weighted by Gasteiger charge is 2.06. The van der Waals surface area contributed by atoms with Crippen molar-refractivity contribution in [2.24, 2.45) is 0 Å². The van der Waals surface area contributed by atoms with Gasteiger partial charge in [0.1, 0.15) is 0 Å². The maximum absolute atomic E-state index is 6.03. The highest BCUT2D eigenvalue weighted by Crippen LogP contribution is 2.30. The number of hydrogen-bond acceptors (Lipinski definition) is 1. The topological polar surface area (TPSA) is 12.9 Å². The molecule has 1 aromatic carbocycles. The van der Waals surface area contributed by atoms with Gasteiger partial charge in [0.2, 0.25) is 0 Å². The molecule has 0 aliphatic carbocycles. The molecule has 70 valence electrons. The summed E-state index contributed by atoms with van der Waals surface area (Å²) in [4.78, 5) is 4.19. The minimum Gasteiger partial charge on any atom is -0.255 e. The summed E-state index contributed by atoms with van der Waals surface area (Å²) in [5, 5.41) is 1.27. The zero-order valence-corrected chi connectivity index (χ0v) is 8.76. The van der Waals surface area contributed by atoms with Crippen LogP contribution in [0.5, 0.6) is 0 Å². The number of halogens is 2. The highest BCUT2D eigenvalue weighted by atomic mass is 35.5. The first kappa shape index (κ1) is 9.50. The first-order chi connectivity index (χ1) is 6.79. The van der Waals surface area contributed by atoms with Crippen LogP contribution in [0.15, 0.2) is 42.6 Å². The first-order valence-electron chi connectivity index (χ1n) is 4.14. The molecule has 0 radical (unpaired) electrons. The number of hydrogen-bond donors (Lipinski definition) is 0. The van der Waals surface area contributed by atoms with Gasteiger partial charge in [-0.05, 0) is 18.2 Å². The lowest BCUT2D eigenvalue weighted by molar-refractivity contribution is 1.33. The van der Waals surface area contributed by atoms with E-state index in [1.165, 1.54) is 0 Å². The van der Waals surface area contributed by atoms with Crippen LogP contribution in [0.3, 0.4) is 0 Å². The number of pyridine rings is 1. The summed E-state index contributed by atoms with van der Waals surface area (Å²) in [7, 11) is 0. The average Bonchev–Trinajstić information content (AvgIpc) is 2.20. The molecule has 1 heterocycles. The zero-order valence-electron chi connectivity index (χ0n) is 7.24. The lowest BCUT2D eigenvalue weighted by Crippen LogP contribution is -1.84. The third kappa shape index (κ3) is 1.74. The Morgan fingerprint density at radius 1 is 0.857 bits per heavy atom. The van der Waals surface area contributed by atoms with Gasteiger partial charge in [-0.15, -0.1) is 0 Å². The molecule has 0 atom stereocenters. The van der Waals surface area contributed by atoms with E-state index < -0.39 is 0 Å². The number of benzene rings is 1. The second-order valence-electron chi connectivity index (χ2n) is 2.81. The van der Waals surface area contributed by atoms with Crippen molar-refractivity contribution in [1.29, 1.82) is 0 Å². The molecule has 14 heavy (non-hydrogen) atoms. The lowest BCUT2D eigenvalue weighted by Gasteiger charge is -2.04. The summed E-state index contributed by atoms with van der Waals surface area (Å²) in [5.74, 6) is 0. The molecule has 0 saturated heterocycles. The summed E-state index contributed by atoms with van der Waals surface area (Å²) >= 11 is 12.0. The van der Waals surface area contributed by atoms with Crippen LogP contribution in [0.4, 0.5) is 0 Å². The summed E-state index contributed by atoms with van der Waals surface area (Å²) < 4.78 is 0. The molecule has 2 aromatic rings. The van der Waals surface area contributed by atoms with E-state index in [1.807, 2.05) is 24.3 Å². The van der Waals surface area contributed by atoms with Crippen LogP contribution < -0.4 is 0 Å². The number of nitrogens with zero attached hydrogens (tertiary/aromatic N) is 1. The Morgan fingerprint density at radius 2 is 1.57 bits per heavy atom. The van der Waals surface area contributed by atoms with E-state index in [2.05, 4.69) is 4.98 Å². The minimum atomic E-state index is 0.612. The number of rotatable bonds is 1. The second-order valence-corrected chi connectivity index (χ2v) is 3.63. The van der Waals surface area contributed by atoms with E-state index in [0.717, 1.165) is 11.3 Å². The summed E-state index contributed by atoms with van der Waals surface area (Å²) in [5.41, 5.74) is 1.58. The molecule has 0 fully saturated rings. The Labute approximate surface area is 92.3 Å². The largest absolute Gasteiger partial charge is 0.255 e. The fourth-order valence-electron chi connectivity index (χ4n) is 1.24. The van der Waals surface area contributed by atoms with E-state index >= 15 is 0 Å². The van der Waals surface area contributed by atoms with Crippen molar-refractivity contribution in [1.82, 2.24) is 4.98 Å². The molecular weight excluding hydrogens is 217 g/mol. The van der Waals surface area contributed by atoms with Gasteiger partial charge in [-0.25, -0.2) is 0 Å². The predicted molar refractivity (Wildman–Crippen MR) is 59.7 cm³/mol. The van der Waals surface area contributed by atoms with Gasteiger partial charge >= 0.3 is 0 Å². The Bertz CT molecular complexity index is 411. The molecule has 1 aromatic heterocycles. The van der Waals surface area contributed by atoms with Gasteiger partial charge in [-0.2, -0.15) is 0 Å². The molecular formula is C11H7Cl2N. The SMILES string of the molecule is Clc1ccccc1-c1ncccc1Cl. The smallest absolute Gasteiger partial charge is 0.0903 e. The van der Waals surface area contributed by atoms with Crippen molar-refractivity contribution >= 4 is 23.2 Å². The van der Waals surface area contributed by atoms with E-state index in [1.54, 1.807) is 18.3 Å². The van der Waals surface area contributed by atoms with Crippen LogP contribution in [-0.2, 0) is 0 Å². The molecule has 1 nitrogen and oxygen atoms in total. The first-order valence-corrected chi connectivity index (χ1v) is 4.90. The summed E-state index contributed by atoms with van der Waals surface area (Å²) in [6.07, 6.45) is 1.70. The molecule has 0 unspecified atom stereocenters.